The molecule has 9 heavy (non-hydrogen) atoms. The monoisotopic (exact) mass is 141 g/mol. The quantitative estimate of drug-likeness (QED) is 0.582. The Morgan fingerprint density at radius 3 is 2.78 bits per heavy atom. The normalized spacial score (nSPS) is 9.11. The second kappa shape index (κ2) is 2.74. The molecule has 0 N–H and O–H groups in total. The van der Waals surface area contributed by atoms with Gasteiger partial charge in [0.1, 0.15) is 5.75 Å². The van der Waals surface area contributed by atoms with Crippen molar-refractivity contribution in [2.45, 2.75) is 0 Å². The molecule has 0 aliphatic heterocycles. The zero-order valence-electron chi connectivity index (χ0n) is 5.02. The van der Waals surface area contributed by atoms with Gasteiger partial charge in [0.2, 0.25) is 0 Å². The number of benzene rings is 1. The van der Waals surface area contributed by atoms with Crippen molar-refractivity contribution in [2.24, 2.45) is 0 Å². The van der Waals surface area contributed by atoms with Gasteiger partial charge in [-0.15, -0.1) is 0 Å². The van der Waals surface area contributed by atoms with E-state index in [1.165, 1.54) is 0 Å². The summed E-state index contributed by atoms with van der Waals surface area (Å²) in [6.07, 6.45) is 0. The topological polar surface area (TPSA) is 9.23 Å². The summed E-state index contributed by atoms with van der Waals surface area (Å²) in [7, 11) is 1.61. The molecule has 2 heteroatoms. The van der Waals surface area contributed by atoms with E-state index in [2.05, 4.69) is 6.07 Å². The van der Waals surface area contributed by atoms with Crippen molar-refractivity contribution in [3.63, 3.8) is 0 Å². The Kier molecular flexibility index (Phi) is 1.96. The van der Waals surface area contributed by atoms with Crippen LogP contribution >= 0.6 is 11.6 Å². The lowest BCUT2D eigenvalue weighted by Crippen LogP contribution is -1.79. The van der Waals surface area contributed by atoms with Crippen LogP contribution in [0.2, 0.25) is 5.02 Å². The van der Waals surface area contributed by atoms with Crippen LogP contribution in [0.15, 0.2) is 18.2 Å². The molecule has 0 unspecified atom stereocenters. The summed E-state index contributed by atoms with van der Waals surface area (Å²) >= 11 is 5.56. The molecule has 0 fully saturated rings. The van der Waals surface area contributed by atoms with E-state index in [1.54, 1.807) is 25.3 Å². The third-order valence-electron chi connectivity index (χ3n) is 0.982. The first-order valence-electron chi connectivity index (χ1n) is 2.54. The lowest BCUT2D eigenvalue weighted by molar-refractivity contribution is 0.414. The first kappa shape index (κ1) is 6.43. The van der Waals surface area contributed by atoms with Gasteiger partial charge in [-0.3, -0.25) is 0 Å². The summed E-state index contributed by atoms with van der Waals surface area (Å²) < 4.78 is 4.88. The molecule has 0 atom stereocenters. The highest BCUT2D eigenvalue weighted by Crippen LogP contribution is 2.13. The Hall–Kier alpha value is -0.690. The highest BCUT2D eigenvalue weighted by atomic mass is 35.5. The van der Waals surface area contributed by atoms with Gasteiger partial charge in [-0.1, -0.05) is 11.6 Å². The minimum atomic E-state index is 0.607. The maximum absolute atomic E-state index is 5.56. The van der Waals surface area contributed by atoms with Gasteiger partial charge < -0.3 is 4.74 Å². The number of rotatable bonds is 1. The molecule has 1 aromatic carbocycles. The molecule has 0 aromatic heterocycles. The summed E-state index contributed by atoms with van der Waals surface area (Å²) in [4.78, 5) is 0. The van der Waals surface area contributed by atoms with Crippen LogP contribution in [-0.2, 0) is 0 Å². The summed E-state index contributed by atoms with van der Waals surface area (Å²) in [5.74, 6) is 0.777. The van der Waals surface area contributed by atoms with Crippen molar-refractivity contribution in [1.82, 2.24) is 0 Å². The smallest absolute Gasteiger partial charge is 0.119 e. The van der Waals surface area contributed by atoms with E-state index in [0.29, 0.717) is 5.02 Å². The second-order valence-electron chi connectivity index (χ2n) is 1.58. The summed E-state index contributed by atoms with van der Waals surface area (Å²) in [6, 6.07) is 8.01. The molecule has 0 amide bonds. The van der Waals surface area contributed by atoms with Gasteiger partial charge in [0.25, 0.3) is 0 Å². The van der Waals surface area contributed by atoms with E-state index in [1.807, 2.05) is 0 Å². The van der Waals surface area contributed by atoms with Crippen LogP contribution in [0, 0.1) is 6.07 Å². The number of hydrogen-bond donors (Lipinski definition) is 0. The minimum Gasteiger partial charge on any atom is -0.497 e. The SMILES string of the molecule is COc1c[c]c(Cl)cc1. The van der Waals surface area contributed by atoms with Crippen LogP contribution in [0.1, 0.15) is 0 Å². The zero-order valence-corrected chi connectivity index (χ0v) is 5.77. The first-order valence-corrected chi connectivity index (χ1v) is 2.92. The molecule has 1 aromatic rings. The molecule has 47 valence electrons. The third kappa shape index (κ3) is 1.61. The molecule has 1 nitrogen and oxygen atoms in total. The summed E-state index contributed by atoms with van der Waals surface area (Å²) in [5.41, 5.74) is 0. The molecule has 1 rings (SSSR count). The molecule has 0 saturated heterocycles. The van der Waals surface area contributed by atoms with Gasteiger partial charge in [-0.2, -0.15) is 0 Å². The number of halogens is 1. The fourth-order valence-corrected chi connectivity index (χ4v) is 0.636. The Labute approximate surface area is 59.2 Å². The maximum Gasteiger partial charge on any atom is 0.119 e. The average Bonchev–Trinajstić information content (AvgIpc) is 1.90. The molecular weight excluding hydrogens is 136 g/mol. The van der Waals surface area contributed by atoms with Crippen molar-refractivity contribution in [3.05, 3.63) is 29.3 Å². The van der Waals surface area contributed by atoms with E-state index in [-0.39, 0.29) is 0 Å². The third-order valence-corrected chi connectivity index (χ3v) is 1.22. The van der Waals surface area contributed by atoms with Crippen LogP contribution in [0.4, 0.5) is 0 Å². The lowest BCUT2D eigenvalue weighted by Gasteiger charge is -1.95. The Balaban J connectivity index is 2.88. The van der Waals surface area contributed by atoms with Gasteiger partial charge in [-0.05, 0) is 18.2 Å². The van der Waals surface area contributed by atoms with E-state index >= 15 is 0 Å². The fraction of sp³-hybridized carbons (Fsp3) is 0.143. The molecule has 0 saturated carbocycles. The number of methoxy groups -OCH3 is 1. The van der Waals surface area contributed by atoms with E-state index < -0.39 is 0 Å². The second-order valence-corrected chi connectivity index (χ2v) is 1.98. The molecule has 0 heterocycles. The molecule has 0 bridgehead atoms. The summed E-state index contributed by atoms with van der Waals surface area (Å²) in [6.45, 7) is 0. The largest absolute Gasteiger partial charge is 0.497 e. The predicted octanol–water partition coefficient (Wildman–Crippen LogP) is 2.15. The number of hydrogen-bond acceptors (Lipinski definition) is 1. The zero-order chi connectivity index (χ0) is 6.69. The van der Waals surface area contributed by atoms with Gasteiger partial charge in [-0.25, -0.2) is 0 Å². The number of ether oxygens (including phenoxy) is 1. The van der Waals surface area contributed by atoms with Crippen molar-refractivity contribution in [2.75, 3.05) is 7.11 Å². The predicted molar refractivity (Wildman–Crippen MR) is 36.8 cm³/mol. The molecule has 0 aliphatic rings. The summed E-state index contributed by atoms with van der Waals surface area (Å²) in [5, 5.41) is 0.607. The highest BCUT2D eigenvalue weighted by Gasteiger charge is 1.87. The van der Waals surface area contributed by atoms with E-state index in [9.17, 15) is 0 Å². The molecule has 0 spiro atoms. The van der Waals surface area contributed by atoms with Crippen molar-refractivity contribution < 1.29 is 4.74 Å². The lowest BCUT2D eigenvalue weighted by atomic mass is 10.3. The standard InChI is InChI=1S/C7H6ClO/c1-9-7-4-2-6(8)3-5-7/h2,4-5H,1H3. The maximum atomic E-state index is 5.56. The molecular formula is C7H6ClO. The first-order chi connectivity index (χ1) is 4.33. The fourth-order valence-electron chi connectivity index (χ4n) is 0.519. The van der Waals surface area contributed by atoms with Crippen molar-refractivity contribution in [3.8, 4) is 5.75 Å². The highest BCUT2D eigenvalue weighted by molar-refractivity contribution is 6.30. The molecule has 0 aliphatic carbocycles. The molecule has 1 radical (unpaired) electrons. The van der Waals surface area contributed by atoms with E-state index in [4.69, 9.17) is 16.3 Å². The Morgan fingerprint density at radius 1 is 1.56 bits per heavy atom. The van der Waals surface area contributed by atoms with Gasteiger partial charge in [0.15, 0.2) is 0 Å². The van der Waals surface area contributed by atoms with Crippen LogP contribution in [0.25, 0.3) is 0 Å². The van der Waals surface area contributed by atoms with Crippen LogP contribution in [0.5, 0.6) is 5.75 Å². The minimum absolute atomic E-state index is 0.607. The van der Waals surface area contributed by atoms with Crippen molar-refractivity contribution in [1.29, 1.82) is 0 Å². The van der Waals surface area contributed by atoms with Crippen molar-refractivity contribution >= 4 is 11.6 Å². The Morgan fingerprint density at radius 2 is 2.33 bits per heavy atom. The average molecular weight is 142 g/mol. The van der Waals surface area contributed by atoms with Crippen LogP contribution in [-0.4, -0.2) is 7.11 Å². The Bertz CT molecular complexity index is 181. The van der Waals surface area contributed by atoms with Gasteiger partial charge in [0.05, 0.1) is 7.11 Å². The van der Waals surface area contributed by atoms with Gasteiger partial charge in [0, 0.05) is 11.1 Å². The van der Waals surface area contributed by atoms with Gasteiger partial charge >= 0.3 is 0 Å². The van der Waals surface area contributed by atoms with Crippen LogP contribution in [0.3, 0.4) is 0 Å². The van der Waals surface area contributed by atoms with E-state index in [0.717, 1.165) is 5.75 Å². The van der Waals surface area contributed by atoms with Crippen LogP contribution < -0.4 is 4.74 Å².